The Balaban J connectivity index is 2.47. The Hall–Kier alpha value is -0.960. The normalized spacial score (nSPS) is 19.0. The topological polar surface area (TPSA) is 26.0 Å². The van der Waals surface area contributed by atoms with Gasteiger partial charge in [-0.15, -0.1) is 0 Å². The Labute approximate surface area is 88.3 Å². The van der Waals surface area contributed by atoms with Gasteiger partial charge in [0.1, 0.15) is 11.5 Å². The molecule has 1 aromatic carbocycles. The Morgan fingerprint density at radius 1 is 1.33 bits per heavy atom. The van der Waals surface area contributed by atoms with Crippen molar-refractivity contribution in [3.8, 4) is 0 Å². The molecule has 3 heteroatoms. The van der Waals surface area contributed by atoms with E-state index < -0.39 is 11.2 Å². The molecule has 1 fully saturated rings. The van der Waals surface area contributed by atoms with Gasteiger partial charge >= 0.3 is 0 Å². The van der Waals surface area contributed by atoms with Crippen molar-refractivity contribution in [1.82, 2.24) is 0 Å². The molecule has 0 radical (unpaired) electrons. The third-order valence-corrected chi connectivity index (χ3v) is 2.98. The molecule has 0 heterocycles. The average Bonchev–Trinajstić information content (AvgIpc) is 2.83. The van der Waals surface area contributed by atoms with Crippen molar-refractivity contribution in [2.75, 3.05) is 0 Å². The first kappa shape index (κ1) is 10.6. The highest BCUT2D eigenvalue weighted by Gasteiger charge is 2.42. The van der Waals surface area contributed by atoms with E-state index in [0.29, 0.717) is 11.1 Å². The summed E-state index contributed by atoms with van der Waals surface area (Å²) in [6.45, 7) is 2.92. The summed E-state index contributed by atoms with van der Waals surface area (Å²) in [5, 5.41) is 0. The van der Waals surface area contributed by atoms with E-state index in [-0.39, 0.29) is 5.82 Å². The molecule has 0 unspecified atom stereocenters. The highest BCUT2D eigenvalue weighted by molar-refractivity contribution is 5.36. The summed E-state index contributed by atoms with van der Waals surface area (Å²) in [5.41, 5.74) is 4.85. The number of rotatable bonds is 2. The lowest BCUT2D eigenvalue weighted by molar-refractivity contribution is 0.221. The van der Waals surface area contributed by atoms with Gasteiger partial charge in [-0.1, -0.05) is 6.07 Å². The van der Waals surface area contributed by atoms with Crippen molar-refractivity contribution >= 4 is 0 Å². The predicted molar refractivity (Wildman–Crippen MR) is 55.6 cm³/mol. The maximum Gasteiger partial charge on any atom is 0.130 e. The SMILES string of the molecule is CC(C)(F)c1ccc(F)c(C2(N)CC2)c1. The molecule has 1 nitrogen and oxygen atoms in total. The molecule has 0 bridgehead atoms. The smallest absolute Gasteiger partial charge is 0.130 e. The Bertz CT molecular complexity index is 389. The number of nitrogens with two attached hydrogens (primary N) is 1. The van der Waals surface area contributed by atoms with Gasteiger partial charge in [0.15, 0.2) is 0 Å². The first-order chi connectivity index (χ1) is 6.83. The third-order valence-electron chi connectivity index (χ3n) is 2.98. The molecule has 2 rings (SSSR count). The van der Waals surface area contributed by atoms with Gasteiger partial charge in [0.05, 0.1) is 0 Å². The molecule has 1 aromatic rings. The molecule has 0 spiro atoms. The molecule has 1 saturated carbocycles. The van der Waals surface area contributed by atoms with Crippen LogP contribution >= 0.6 is 0 Å². The second-order valence-electron chi connectivity index (χ2n) is 4.82. The lowest BCUT2D eigenvalue weighted by Crippen LogP contribution is -2.22. The maximum absolute atomic E-state index is 13.7. The van der Waals surface area contributed by atoms with Gasteiger partial charge in [-0.3, -0.25) is 0 Å². The molecule has 1 aliphatic rings. The molecule has 2 N–H and O–H groups in total. The van der Waals surface area contributed by atoms with E-state index in [1.54, 1.807) is 6.07 Å². The Morgan fingerprint density at radius 3 is 2.40 bits per heavy atom. The summed E-state index contributed by atoms with van der Waals surface area (Å²) in [4.78, 5) is 0. The van der Waals surface area contributed by atoms with Crippen LogP contribution in [0.15, 0.2) is 18.2 Å². The van der Waals surface area contributed by atoms with Gasteiger partial charge in [0, 0.05) is 11.1 Å². The van der Waals surface area contributed by atoms with Crippen molar-refractivity contribution in [2.45, 2.75) is 37.9 Å². The molecule has 0 amide bonds. The first-order valence-corrected chi connectivity index (χ1v) is 5.11. The number of hydrogen-bond acceptors (Lipinski definition) is 1. The summed E-state index contributed by atoms with van der Waals surface area (Å²) in [5.74, 6) is -0.331. The molecule has 0 saturated heterocycles. The molecule has 1 aliphatic carbocycles. The zero-order valence-corrected chi connectivity index (χ0v) is 8.98. The number of hydrogen-bond donors (Lipinski definition) is 1. The zero-order valence-electron chi connectivity index (χ0n) is 8.98. The quantitative estimate of drug-likeness (QED) is 0.799. The van der Waals surface area contributed by atoms with Gasteiger partial charge in [-0.05, 0) is 44.4 Å². The van der Waals surface area contributed by atoms with Crippen molar-refractivity contribution < 1.29 is 8.78 Å². The van der Waals surface area contributed by atoms with Crippen LogP contribution in [-0.4, -0.2) is 0 Å². The largest absolute Gasteiger partial charge is 0.321 e. The number of alkyl halides is 1. The lowest BCUT2D eigenvalue weighted by atomic mass is 9.94. The molecular weight excluding hydrogens is 196 g/mol. The van der Waals surface area contributed by atoms with Crippen molar-refractivity contribution in [2.24, 2.45) is 5.73 Å². The van der Waals surface area contributed by atoms with Crippen LogP contribution in [0, 0.1) is 5.82 Å². The summed E-state index contributed by atoms with van der Waals surface area (Å²) < 4.78 is 27.2. The van der Waals surface area contributed by atoms with Gasteiger partial charge in [-0.25, -0.2) is 8.78 Å². The Kier molecular flexibility index (Phi) is 2.12. The summed E-state index contributed by atoms with van der Waals surface area (Å²) >= 11 is 0. The monoisotopic (exact) mass is 211 g/mol. The van der Waals surface area contributed by atoms with Gasteiger partial charge < -0.3 is 5.73 Å². The van der Waals surface area contributed by atoms with E-state index >= 15 is 0 Å². The third kappa shape index (κ3) is 1.88. The van der Waals surface area contributed by atoms with Crippen LogP contribution in [0.25, 0.3) is 0 Å². The highest BCUT2D eigenvalue weighted by Crippen LogP contribution is 2.44. The van der Waals surface area contributed by atoms with E-state index in [0.717, 1.165) is 12.8 Å². The van der Waals surface area contributed by atoms with E-state index in [9.17, 15) is 8.78 Å². The van der Waals surface area contributed by atoms with Crippen molar-refractivity contribution in [3.05, 3.63) is 35.1 Å². The molecule has 82 valence electrons. The minimum Gasteiger partial charge on any atom is -0.321 e. The van der Waals surface area contributed by atoms with E-state index in [1.807, 2.05) is 0 Å². The van der Waals surface area contributed by atoms with Crippen molar-refractivity contribution in [1.29, 1.82) is 0 Å². The van der Waals surface area contributed by atoms with Crippen LogP contribution in [0.2, 0.25) is 0 Å². The van der Waals surface area contributed by atoms with Crippen LogP contribution in [0.3, 0.4) is 0 Å². The summed E-state index contributed by atoms with van der Waals surface area (Å²) in [7, 11) is 0. The van der Waals surface area contributed by atoms with Crippen LogP contribution in [0.4, 0.5) is 8.78 Å². The molecule has 0 aliphatic heterocycles. The fourth-order valence-corrected chi connectivity index (χ4v) is 1.68. The van der Waals surface area contributed by atoms with Crippen LogP contribution < -0.4 is 5.73 Å². The average molecular weight is 211 g/mol. The van der Waals surface area contributed by atoms with E-state index in [2.05, 4.69) is 0 Å². The lowest BCUT2D eigenvalue weighted by Gasteiger charge is -2.18. The second-order valence-corrected chi connectivity index (χ2v) is 4.82. The first-order valence-electron chi connectivity index (χ1n) is 5.11. The van der Waals surface area contributed by atoms with Crippen LogP contribution in [-0.2, 0) is 11.2 Å². The maximum atomic E-state index is 13.7. The summed E-state index contributed by atoms with van der Waals surface area (Å²) in [6.07, 6.45) is 1.56. The summed E-state index contributed by atoms with van der Waals surface area (Å²) in [6, 6.07) is 4.34. The van der Waals surface area contributed by atoms with Gasteiger partial charge in [-0.2, -0.15) is 0 Å². The minimum absolute atomic E-state index is 0.331. The minimum atomic E-state index is -1.45. The highest BCUT2D eigenvalue weighted by atomic mass is 19.1. The predicted octanol–water partition coefficient (Wildman–Crippen LogP) is 2.98. The van der Waals surface area contributed by atoms with E-state index in [1.165, 1.54) is 26.0 Å². The molecule has 0 aromatic heterocycles. The Morgan fingerprint density at radius 2 is 1.93 bits per heavy atom. The second kappa shape index (κ2) is 3.01. The molecular formula is C12H15F2N. The van der Waals surface area contributed by atoms with Gasteiger partial charge in [0.2, 0.25) is 0 Å². The standard InChI is InChI=1S/C12H15F2N/c1-11(2,14)8-3-4-10(13)9(7-8)12(15)5-6-12/h3-4,7H,5-6,15H2,1-2H3. The number of benzene rings is 1. The molecule has 15 heavy (non-hydrogen) atoms. The fraction of sp³-hybridized carbons (Fsp3) is 0.500. The van der Waals surface area contributed by atoms with Crippen molar-refractivity contribution in [3.63, 3.8) is 0 Å². The fourth-order valence-electron chi connectivity index (χ4n) is 1.68. The van der Waals surface area contributed by atoms with Crippen LogP contribution in [0.1, 0.15) is 37.8 Å². The van der Waals surface area contributed by atoms with Gasteiger partial charge in [0.25, 0.3) is 0 Å². The number of halogens is 2. The van der Waals surface area contributed by atoms with Crippen LogP contribution in [0.5, 0.6) is 0 Å². The zero-order chi connectivity index (χ0) is 11.3. The molecule has 0 atom stereocenters. The van der Waals surface area contributed by atoms with E-state index in [4.69, 9.17) is 5.73 Å².